The number of nitrogens with one attached hydrogen (secondary N) is 2. The fourth-order valence-corrected chi connectivity index (χ4v) is 3.47. The molecule has 2 nitrogen and oxygen atoms in total. The molecule has 0 saturated carbocycles. The molecule has 1 unspecified atom stereocenters. The van der Waals surface area contributed by atoms with Gasteiger partial charge in [-0.15, -0.1) is 0 Å². The Hall–Kier alpha value is -2.49. The normalized spacial score (nSPS) is 15.3. The molecule has 3 aromatic rings. The molecule has 1 aliphatic rings. The molecule has 0 saturated heterocycles. The molecular formula is C25H29FN2. The zero-order chi connectivity index (χ0) is 19.6. The first-order chi connectivity index (χ1) is 13.8. The van der Waals surface area contributed by atoms with Crippen LogP contribution in [0.25, 0.3) is 0 Å². The van der Waals surface area contributed by atoms with Crippen LogP contribution in [0.5, 0.6) is 0 Å². The predicted octanol–water partition coefficient (Wildman–Crippen LogP) is 4.88. The van der Waals surface area contributed by atoms with E-state index in [-0.39, 0.29) is 5.82 Å². The van der Waals surface area contributed by atoms with Crippen LogP contribution in [-0.4, -0.2) is 12.6 Å². The molecule has 146 valence electrons. The van der Waals surface area contributed by atoms with Crippen LogP contribution in [0, 0.1) is 5.82 Å². The topological polar surface area (TPSA) is 24.1 Å². The van der Waals surface area contributed by atoms with E-state index in [0.717, 1.165) is 31.5 Å². The molecule has 4 rings (SSSR count). The van der Waals surface area contributed by atoms with E-state index in [4.69, 9.17) is 0 Å². The Labute approximate surface area is 167 Å². The van der Waals surface area contributed by atoms with E-state index < -0.39 is 0 Å². The summed E-state index contributed by atoms with van der Waals surface area (Å²) in [6, 6.07) is 26.9. The van der Waals surface area contributed by atoms with Crippen LogP contribution in [0.4, 0.5) is 4.39 Å². The lowest BCUT2D eigenvalue weighted by atomic mass is 9.92. The molecule has 0 amide bonds. The molecule has 2 N–H and O–H groups in total. The van der Waals surface area contributed by atoms with E-state index in [1.54, 1.807) is 12.1 Å². The van der Waals surface area contributed by atoms with Crippen LogP contribution in [0.1, 0.15) is 29.2 Å². The van der Waals surface area contributed by atoms with Crippen LogP contribution < -0.4 is 10.6 Å². The van der Waals surface area contributed by atoms with Gasteiger partial charge in [0.1, 0.15) is 5.82 Å². The molecule has 1 atom stereocenters. The van der Waals surface area contributed by atoms with Gasteiger partial charge in [0.25, 0.3) is 0 Å². The molecule has 1 aliphatic heterocycles. The quantitative estimate of drug-likeness (QED) is 0.663. The molecule has 0 aromatic heterocycles. The van der Waals surface area contributed by atoms with Crippen LogP contribution >= 0.6 is 0 Å². The third-order valence-corrected chi connectivity index (χ3v) is 5.01. The maximum atomic E-state index is 12.9. The van der Waals surface area contributed by atoms with E-state index in [2.05, 4.69) is 65.2 Å². The lowest BCUT2D eigenvalue weighted by Crippen LogP contribution is -2.37. The molecular weight excluding hydrogens is 347 g/mol. The Morgan fingerprint density at radius 2 is 1.57 bits per heavy atom. The molecule has 0 fully saturated rings. The van der Waals surface area contributed by atoms with Crippen molar-refractivity contribution in [3.63, 3.8) is 0 Å². The van der Waals surface area contributed by atoms with Gasteiger partial charge in [-0.05, 0) is 42.1 Å². The third-order valence-electron chi connectivity index (χ3n) is 5.01. The minimum Gasteiger partial charge on any atom is -0.313 e. The Bertz CT molecular complexity index is 848. The standard InChI is InChI=1S/C16H17N.C9H12FN/c1-2-6-13(7-3-1)10-16-11-14-8-4-5-9-15(14)12-17-16;1-2-11-7-8-5-3-4-6-9(8)10/h1-9,16-17H,10-12H2;3-6,11H,2,7H2,1H3. The number of benzene rings is 3. The van der Waals surface area contributed by atoms with Gasteiger partial charge in [0.2, 0.25) is 0 Å². The van der Waals surface area contributed by atoms with Gasteiger partial charge in [0.05, 0.1) is 0 Å². The SMILES string of the molecule is CCNCc1ccccc1F.c1ccc(CC2Cc3ccccc3CN2)cc1. The lowest BCUT2D eigenvalue weighted by Gasteiger charge is -2.26. The highest BCUT2D eigenvalue weighted by Gasteiger charge is 2.17. The number of hydrogen-bond donors (Lipinski definition) is 2. The molecule has 1 heterocycles. The second-order valence-corrected chi connectivity index (χ2v) is 7.11. The van der Waals surface area contributed by atoms with Gasteiger partial charge in [0.15, 0.2) is 0 Å². The van der Waals surface area contributed by atoms with Gasteiger partial charge in [-0.3, -0.25) is 0 Å². The summed E-state index contributed by atoms with van der Waals surface area (Å²) in [6.45, 7) is 4.49. The van der Waals surface area contributed by atoms with Gasteiger partial charge in [-0.1, -0.05) is 79.7 Å². The van der Waals surface area contributed by atoms with E-state index in [9.17, 15) is 4.39 Å². The fraction of sp³-hybridized carbons (Fsp3) is 0.280. The van der Waals surface area contributed by atoms with Gasteiger partial charge < -0.3 is 10.6 Å². The summed E-state index contributed by atoms with van der Waals surface area (Å²) in [5, 5.41) is 6.69. The van der Waals surface area contributed by atoms with E-state index in [1.165, 1.54) is 22.8 Å². The van der Waals surface area contributed by atoms with Crippen molar-refractivity contribution in [1.82, 2.24) is 10.6 Å². The third kappa shape index (κ3) is 6.01. The first-order valence-electron chi connectivity index (χ1n) is 10.0. The van der Waals surface area contributed by atoms with Crippen molar-refractivity contribution in [2.24, 2.45) is 0 Å². The van der Waals surface area contributed by atoms with Crippen molar-refractivity contribution in [1.29, 1.82) is 0 Å². The highest BCUT2D eigenvalue weighted by atomic mass is 19.1. The summed E-state index contributed by atoms with van der Waals surface area (Å²) in [6.07, 6.45) is 2.26. The molecule has 0 bridgehead atoms. The number of hydrogen-bond acceptors (Lipinski definition) is 2. The monoisotopic (exact) mass is 376 g/mol. The maximum Gasteiger partial charge on any atom is 0.127 e. The highest BCUT2D eigenvalue weighted by Crippen LogP contribution is 2.18. The average molecular weight is 377 g/mol. The highest BCUT2D eigenvalue weighted by molar-refractivity contribution is 5.30. The molecule has 3 aromatic carbocycles. The van der Waals surface area contributed by atoms with Gasteiger partial charge in [-0.25, -0.2) is 4.39 Å². The molecule has 0 radical (unpaired) electrons. The number of rotatable bonds is 5. The first kappa shape index (κ1) is 20.2. The van der Waals surface area contributed by atoms with Crippen molar-refractivity contribution in [2.45, 2.75) is 38.9 Å². The Morgan fingerprint density at radius 3 is 2.32 bits per heavy atom. The largest absolute Gasteiger partial charge is 0.313 e. The molecule has 3 heteroatoms. The Kier molecular flexibility index (Phi) is 7.77. The maximum absolute atomic E-state index is 12.9. The van der Waals surface area contributed by atoms with Crippen LogP contribution in [0.2, 0.25) is 0 Å². The summed E-state index contributed by atoms with van der Waals surface area (Å²) in [4.78, 5) is 0. The summed E-state index contributed by atoms with van der Waals surface area (Å²) in [7, 11) is 0. The average Bonchev–Trinajstić information content (AvgIpc) is 2.74. The summed E-state index contributed by atoms with van der Waals surface area (Å²) < 4.78 is 12.9. The lowest BCUT2D eigenvalue weighted by molar-refractivity contribution is 0.477. The number of halogens is 1. The number of fused-ring (bicyclic) bond motifs is 1. The summed E-state index contributed by atoms with van der Waals surface area (Å²) in [5.41, 5.74) is 5.11. The van der Waals surface area contributed by atoms with Gasteiger partial charge >= 0.3 is 0 Å². The minimum atomic E-state index is -0.131. The fourth-order valence-electron chi connectivity index (χ4n) is 3.47. The molecule has 0 spiro atoms. The van der Waals surface area contributed by atoms with Crippen LogP contribution in [0.15, 0.2) is 78.9 Å². The molecule has 28 heavy (non-hydrogen) atoms. The zero-order valence-corrected chi connectivity index (χ0v) is 16.5. The van der Waals surface area contributed by atoms with Gasteiger partial charge in [0, 0.05) is 24.7 Å². The Morgan fingerprint density at radius 1 is 0.893 bits per heavy atom. The van der Waals surface area contributed by atoms with Crippen molar-refractivity contribution in [3.05, 3.63) is 107 Å². The minimum absolute atomic E-state index is 0.131. The van der Waals surface area contributed by atoms with E-state index in [1.807, 2.05) is 13.0 Å². The Balaban J connectivity index is 0.000000178. The summed E-state index contributed by atoms with van der Waals surface area (Å²) in [5.74, 6) is -0.131. The smallest absolute Gasteiger partial charge is 0.127 e. The van der Waals surface area contributed by atoms with Crippen LogP contribution in [-0.2, 0) is 25.9 Å². The van der Waals surface area contributed by atoms with Crippen molar-refractivity contribution in [3.8, 4) is 0 Å². The second kappa shape index (κ2) is 10.7. The van der Waals surface area contributed by atoms with Crippen molar-refractivity contribution >= 4 is 0 Å². The zero-order valence-electron chi connectivity index (χ0n) is 16.5. The van der Waals surface area contributed by atoms with E-state index >= 15 is 0 Å². The van der Waals surface area contributed by atoms with Crippen molar-refractivity contribution in [2.75, 3.05) is 6.54 Å². The van der Waals surface area contributed by atoms with E-state index in [0.29, 0.717) is 12.6 Å². The molecule has 0 aliphatic carbocycles. The van der Waals surface area contributed by atoms with Crippen molar-refractivity contribution < 1.29 is 4.39 Å². The van der Waals surface area contributed by atoms with Crippen LogP contribution in [0.3, 0.4) is 0 Å². The predicted molar refractivity (Wildman–Crippen MR) is 115 cm³/mol. The van der Waals surface area contributed by atoms with Gasteiger partial charge in [-0.2, -0.15) is 0 Å². The summed E-state index contributed by atoms with van der Waals surface area (Å²) >= 11 is 0. The first-order valence-corrected chi connectivity index (χ1v) is 10.0. The second-order valence-electron chi connectivity index (χ2n) is 7.11.